The predicted molar refractivity (Wildman–Crippen MR) is 115 cm³/mol. The van der Waals surface area contributed by atoms with Gasteiger partial charge in [-0.25, -0.2) is 0 Å². The number of carbonyl (C=O) groups excluding carboxylic acids is 1. The molecule has 1 N–H and O–H groups in total. The van der Waals surface area contributed by atoms with Gasteiger partial charge < -0.3 is 4.74 Å². The topological polar surface area (TPSA) is 53.4 Å². The van der Waals surface area contributed by atoms with Crippen LogP contribution in [0.1, 0.15) is 16.7 Å². The molecule has 1 amide bonds. The molecule has 1 heterocycles. The Balaban J connectivity index is 1.64. The number of amides is 1. The lowest BCUT2D eigenvalue weighted by atomic mass is 10.1. The molecule has 2 aromatic rings. The van der Waals surface area contributed by atoms with E-state index < -0.39 is 0 Å². The van der Waals surface area contributed by atoms with Gasteiger partial charge >= 0.3 is 0 Å². The van der Waals surface area contributed by atoms with Crippen molar-refractivity contribution in [3.63, 3.8) is 0 Å². The van der Waals surface area contributed by atoms with Crippen LogP contribution in [0.2, 0.25) is 0 Å². The molecule has 1 fully saturated rings. The van der Waals surface area contributed by atoms with Crippen LogP contribution in [0.4, 0.5) is 5.69 Å². The molecule has 1 aliphatic rings. The minimum absolute atomic E-state index is 0.0589. The molecule has 0 unspecified atom stereocenters. The minimum atomic E-state index is -0.0589. The Morgan fingerprint density at radius 3 is 2.78 bits per heavy atom. The number of hydrogen-bond donors (Lipinski definition) is 1. The Hall–Kier alpha value is -2.02. The van der Waals surface area contributed by atoms with Crippen LogP contribution >= 0.6 is 23.5 Å². The number of rotatable bonds is 7. The van der Waals surface area contributed by atoms with Crippen LogP contribution in [0.15, 0.2) is 58.8 Å². The summed E-state index contributed by atoms with van der Waals surface area (Å²) in [6.45, 7) is 8.94. The molecule has 0 atom stereocenters. The van der Waals surface area contributed by atoms with Gasteiger partial charge in [-0.2, -0.15) is 0 Å². The molecule has 0 bridgehead atoms. The Kier molecular flexibility index (Phi) is 6.42. The first-order valence-electron chi connectivity index (χ1n) is 8.58. The van der Waals surface area contributed by atoms with Crippen molar-refractivity contribution in [2.75, 3.05) is 17.3 Å². The maximum absolute atomic E-state index is 12.2. The van der Waals surface area contributed by atoms with Crippen LogP contribution in [0.5, 0.6) is 0 Å². The molecule has 3 rings (SSSR count). The molecule has 0 saturated carbocycles. The highest BCUT2D eigenvalue weighted by atomic mass is 32.2. The van der Waals surface area contributed by atoms with Crippen molar-refractivity contribution in [3.05, 3.63) is 70.6 Å². The van der Waals surface area contributed by atoms with Gasteiger partial charge in [0, 0.05) is 15.4 Å². The average molecular weight is 399 g/mol. The fraction of sp³-hybridized carbons (Fsp3) is 0.238. The van der Waals surface area contributed by atoms with Crippen molar-refractivity contribution in [1.82, 2.24) is 0 Å². The molecule has 27 heavy (non-hydrogen) atoms. The van der Waals surface area contributed by atoms with E-state index in [4.69, 9.17) is 10.1 Å². The molecule has 1 saturated heterocycles. The quantitative estimate of drug-likeness (QED) is 0.656. The van der Waals surface area contributed by atoms with Gasteiger partial charge in [-0.1, -0.05) is 60.4 Å². The molecule has 0 spiro atoms. The van der Waals surface area contributed by atoms with Gasteiger partial charge in [0.15, 0.2) is 5.17 Å². The molecule has 6 heteroatoms. The second-order valence-corrected chi connectivity index (χ2v) is 8.54. The van der Waals surface area contributed by atoms with Crippen molar-refractivity contribution in [2.45, 2.75) is 25.3 Å². The number of amidine groups is 1. The lowest BCUT2D eigenvalue weighted by molar-refractivity contribution is -0.115. The Morgan fingerprint density at radius 2 is 2.07 bits per heavy atom. The van der Waals surface area contributed by atoms with Crippen LogP contribution in [0, 0.1) is 19.3 Å². The molecular formula is C21H22N2O2S2. The van der Waals surface area contributed by atoms with E-state index in [-0.39, 0.29) is 11.1 Å². The Labute approximate surface area is 168 Å². The number of hydrogen-bond acceptors (Lipinski definition) is 5. The summed E-state index contributed by atoms with van der Waals surface area (Å²) < 4.78 is 5.87. The minimum Gasteiger partial charge on any atom is -0.371 e. The summed E-state index contributed by atoms with van der Waals surface area (Å²) in [5.41, 5.74) is 3.90. The third kappa shape index (κ3) is 4.83. The van der Waals surface area contributed by atoms with Gasteiger partial charge in [0.05, 0.1) is 24.7 Å². The molecule has 140 valence electrons. The van der Waals surface area contributed by atoms with Gasteiger partial charge in [0.2, 0.25) is 5.91 Å². The largest absolute Gasteiger partial charge is 0.371 e. The van der Waals surface area contributed by atoms with Gasteiger partial charge in [-0.05, 0) is 37.1 Å². The maximum atomic E-state index is 12.2. The smallest absolute Gasteiger partial charge is 0.243 e. The van der Waals surface area contributed by atoms with Crippen molar-refractivity contribution in [3.8, 4) is 0 Å². The molecule has 0 aliphatic carbocycles. The van der Waals surface area contributed by atoms with Gasteiger partial charge in [-0.3, -0.25) is 15.1 Å². The lowest BCUT2D eigenvalue weighted by Gasteiger charge is -2.20. The summed E-state index contributed by atoms with van der Waals surface area (Å²) in [6.07, 6.45) is 0. The zero-order valence-electron chi connectivity index (χ0n) is 15.5. The summed E-state index contributed by atoms with van der Waals surface area (Å²) in [4.78, 5) is 15.8. The van der Waals surface area contributed by atoms with Crippen molar-refractivity contribution < 1.29 is 9.53 Å². The number of carbonyl (C=O) groups is 1. The van der Waals surface area contributed by atoms with Crippen LogP contribution in [0.3, 0.4) is 0 Å². The molecule has 2 aromatic carbocycles. The number of benzene rings is 2. The third-order valence-corrected chi connectivity index (χ3v) is 6.07. The average Bonchev–Trinajstić information content (AvgIpc) is 2.96. The monoisotopic (exact) mass is 398 g/mol. The Morgan fingerprint density at radius 1 is 1.30 bits per heavy atom. The molecule has 0 aromatic heterocycles. The highest BCUT2D eigenvalue weighted by Crippen LogP contribution is 2.31. The first-order valence-corrected chi connectivity index (χ1v) is 10.4. The summed E-state index contributed by atoms with van der Waals surface area (Å²) in [6, 6.07) is 14.1. The van der Waals surface area contributed by atoms with Crippen molar-refractivity contribution in [1.29, 1.82) is 5.41 Å². The van der Waals surface area contributed by atoms with Crippen LogP contribution in [-0.2, 0) is 16.1 Å². The number of thioether (sulfide) groups is 2. The molecule has 0 radical (unpaired) electrons. The van der Waals surface area contributed by atoms with E-state index in [1.807, 2.05) is 37.3 Å². The highest BCUT2D eigenvalue weighted by Gasteiger charge is 2.30. The Bertz CT molecular complexity index is 880. The third-order valence-electron chi connectivity index (χ3n) is 4.14. The van der Waals surface area contributed by atoms with Crippen LogP contribution in [-0.4, -0.2) is 23.4 Å². The lowest BCUT2D eigenvalue weighted by Crippen LogP contribution is -2.29. The van der Waals surface area contributed by atoms with E-state index in [2.05, 4.69) is 25.6 Å². The van der Waals surface area contributed by atoms with Gasteiger partial charge in [0.25, 0.3) is 0 Å². The molecule has 4 nitrogen and oxygen atoms in total. The summed E-state index contributed by atoms with van der Waals surface area (Å²) in [7, 11) is 0. The first kappa shape index (κ1) is 19.7. The van der Waals surface area contributed by atoms with E-state index >= 15 is 0 Å². The van der Waals surface area contributed by atoms with Crippen LogP contribution in [0.25, 0.3) is 0 Å². The molecular weight excluding hydrogens is 376 g/mol. The zero-order valence-corrected chi connectivity index (χ0v) is 17.1. The standard InChI is InChI=1S/C21H22N2O2S2/c1-14-8-9-17(18(10-14)23-20(24)13-26-21(23)22)12-25-11-16(3)27-19-7-5-4-6-15(19)2/h4-10,22H,3,11-13H2,1-2H3. The number of anilines is 1. The number of aryl methyl sites for hydroxylation is 2. The first-order chi connectivity index (χ1) is 13.0. The SMILES string of the molecule is C=C(COCc1ccc(C)cc1N1C(=N)SCC1=O)Sc1ccccc1C. The van der Waals surface area contributed by atoms with Crippen LogP contribution < -0.4 is 4.90 Å². The predicted octanol–water partition coefficient (Wildman–Crippen LogP) is 5.14. The van der Waals surface area contributed by atoms with E-state index in [1.165, 1.54) is 27.1 Å². The van der Waals surface area contributed by atoms with Gasteiger partial charge in [-0.15, -0.1) is 0 Å². The number of nitrogens with zero attached hydrogens (tertiary/aromatic N) is 1. The van der Waals surface area contributed by atoms with E-state index in [0.717, 1.165) is 21.7 Å². The number of ether oxygens (including phenoxy) is 1. The zero-order chi connectivity index (χ0) is 19.4. The fourth-order valence-corrected chi connectivity index (χ4v) is 4.30. The molecule has 1 aliphatic heterocycles. The summed E-state index contributed by atoms with van der Waals surface area (Å²) in [5.74, 6) is 0.257. The summed E-state index contributed by atoms with van der Waals surface area (Å²) in [5, 5.41) is 8.31. The van der Waals surface area contributed by atoms with E-state index in [0.29, 0.717) is 19.0 Å². The summed E-state index contributed by atoms with van der Waals surface area (Å²) >= 11 is 2.87. The van der Waals surface area contributed by atoms with E-state index in [9.17, 15) is 4.79 Å². The van der Waals surface area contributed by atoms with Crippen molar-refractivity contribution in [2.24, 2.45) is 0 Å². The highest BCUT2D eigenvalue weighted by molar-refractivity contribution is 8.15. The second-order valence-electron chi connectivity index (χ2n) is 6.35. The normalized spacial score (nSPS) is 14.1. The maximum Gasteiger partial charge on any atom is 0.243 e. The fourth-order valence-electron chi connectivity index (χ4n) is 2.75. The number of nitrogens with one attached hydrogen (secondary N) is 1. The van der Waals surface area contributed by atoms with Crippen molar-refractivity contribution >= 4 is 40.3 Å². The van der Waals surface area contributed by atoms with E-state index in [1.54, 1.807) is 11.8 Å². The van der Waals surface area contributed by atoms with Gasteiger partial charge in [0.1, 0.15) is 0 Å². The second kappa shape index (κ2) is 8.78.